The number of aryl methyl sites for hydroxylation is 1. The summed E-state index contributed by atoms with van der Waals surface area (Å²) in [5, 5.41) is 9.83. The number of nitrogen functional groups attached to an aromatic ring is 1. The van der Waals surface area contributed by atoms with Gasteiger partial charge in [0.2, 0.25) is 0 Å². The maximum Gasteiger partial charge on any atom is 0.148 e. The highest BCUT2D eigenvalue weighted by molar-refractivity contribution is 7.09. The van der Waals surface area contributed by atoms with Gasteiger partial charge in [-0.25, -0.2) is 4.98 Å². The van der Waals surface area contributed by atoms with E-state index >= 15 is 0 Å². The van der Waals surface area contributed by atoms with E-state index in [-0.39, 0.29) is 0 Å². The Hall–Kier alpha value is -1.36. The van der Waals surface area contributed by atoms with Crippen molar-refractivity contribution in [1.29, 1.82) is 0 Å². The molecule has 0 saturated carbocycles. The standard InChI is InChI=1S/C8H10N4S/c1-4-7(11-12-8(4)9)6-3-13-5(2)10-6/h3H,1-2H3,(H3,9,11,12). The van der Waals surface area contributed by atoms with E-state index in [0.717, 1.165) is 22.0 Å². The molecule has 0 aliphatic heterocycles. The Morgan fingerprint density at radius 1 is 1.46 bits per heavy atom. The minimum Gasteiger partial charge on any atom is -0.382 e. The molecule has 4 nitrogen and oxygen atoms in total. The van der Waals surface area contributed by atoms with Crippen molar-refractivity contribution in [2.75, 3.05) is 5.73 Å². The van der Waals surface area contributed by atoms with Gasteiger partial charge < -0.3 is 5.73 Å². The number of hydrogen-bond donors (Lipinski definition) is 2. The third kappa shape index (κ3) is 1.31. The van der Waals surface area contributed by atoms with Crippen molar-refractivity contribution < 1.29 is 0 Å². The molecule has 68 valence electrons. The number of rotatable bonds is 1. The molecule has 2 aromatic rings. The molecular weight excluding hydrogens is 184 g/mol. The van der Waals surface area contributed by atoms with E-state index in [0.29, 0.717) is 5.82 Å². The molecule has 0 unspecified atom stereocenters. The zero-order valence-electron chi connectivity index (χ0n) is 7.46. The first-order valence-corrected chi connectivity index (χ1v) is 4.79. The summed E-state index contributed by atoms with van der Waals surface area (Å²) in [5.74, 6) is 0.542. The van der Waals surface area contributed by atoms with Crippen molar-refractivity contribution >= 4 is 17.2 Å². The van der Waals surface area contributed by atoms with E-state index in [1.165, 1.54) is 0 Å². The lowest BCUT2D eigenvalue weighted by Crippen LogP contribution is -1.86. The smallest absolute Gasteiger partial charge is 0.148 e. The number of anilines is 1. The van der Waals surface area contributed by atoms with Gasteiger partial charge in [-0.05, 0) is 13.8 Å². The molecule has 0 aliphatic rings. The van der Waals surface area contributed by atoms with Crippen molar-refractivity contribution in [2.24, 2.45) is 0 Å². The Kier molecular flexibility index (Phi) is 1.81. The van der Waals surface area contributed by atoms with Crippen LogP contribution in [0.1, 0.15) is 10.6 Å². The molecule has 0 aromatic carbocycles. The Bertz CT molecular complexity index is 429. The van der Waals surface area contributed by atoms with E-state index in [2.05, 4.69) is 15.2 Å². The largest absolute Gasteiger partial charge is 0.382 e. The number of nitrogens with two attached hydrogens (primary N) is 1. The maximum atomic E-state index is 5.62. The molecule has 0 atom stereocenters. The third-order valence-electron chi connectivity index (χ3n) is 1.92. The van der Waals surface area contributed by atoms with Crippen LogP contribution in [0.2, 0.25) is 0 Å². The van der Waals surface area contributed by atoms with Gasteiger partial charge in [-0.15, -0.1) is 11.3 Å². The van der Waals surface area contributed by atoms with Crippen molar-refractivity contribution in [3.63, 3.8) is 0 Å². The van der Waals surface area contributed by atoms with Crippen LogP contribution in [0.3, 0.4) is 0 Å². The Balaban J connectivity index is 2.52. The zero-order chi connectivity index (χ0) is 9.42. The summed E-state index contributed by atoms with van der Waals surface area (Å²) in [6, 6.07) is 0. The first-order valence-electron chi connectivity index (χ1n) is 3.91. The zero-order valence-corrected chi connectivity index (χ0v) is 8.27. The first kappa shape index (κ1) is 8.25. The molecule has 13 heavy (non-hydrogen) atoms. The maximum absolute atomic E-state index is 5.62. The van der Waals surface area contributed by atoms with Gasteiger partial charge in [-0.2, -0.15) is 5.10 Å². The van der Waals surface area contributed by atoms with Gasteiger partial charge in [-0.3, -0.25) is 5.10 Å². The quantitative estimate of drug-likeness (QED) is 0.726. The van der Waals surface area contributed by atoms with Crippen LogP contribution < -0.4 is 5.73 Å². The lowest BCUT2D eigenvalue weighted by atomic mass is 10.2. The fraction of sp³-hybridized carbons (Fsp3) is 0.250. The summed E-state index contributed by atoms with van der Waals surface area (Å²) in [7, 11) is 0. The average Bonchev–Trinajstić information content (AvgIpc) is 2.62. The van der Waals surface area contributed by atoms with Gasteiger partial charge in [0.05, 0.1) is 16.4 Å². The SMILES string of the molecule is Cc1nc(-c2[nH]nc(N)c2C)cs1. The first-order chi connectivity index (χ1) is 6.18. The number of aromatic nitrogens is 3. The highest BCUT2D eigenvalue weighted by Gasteiger charge is 2.10. The fourth-order valence-corrected chi connectivity index (χ4v) is 1.74. The van der Waals surface area contributed by atoms with Crippen molar-refractivity contribution in [3.05, 3.63) is 16.0 Å². The van der Waals surface area contributed by atoms with Crippen molar-refractivity contribution in [2.45, 2.75) is 13.8 Å². The van der Waals surface area contributed by atoms with Gasteiger partial charge >= 0.3 is 0 Å². The topological polar surface area (TPSA) is 67.6 Å². The second kappa shape index (κ2) is 2.85. The molecule has 0 spiro atoms. The van der Waals surface area contributed by atoms with Gasteiger partial charge in [0.25, 0.3) is 0 Å². The molecule has 0 fully saturated rings. The monoisotopic (exact) mass is 194 g/mol. The molecule has 2 aromatic heterocycles. The van der Waals surface area contributed by atoms with Crippen molar-refractivity contribution in [3.8, 4) is 11.4 Å². The molecule has 0 aliphatic carbocycles. The van der Waals surface area contributed by atoms with Crippen LogP contribution in [0.15, 0.2) is 5.38 Å². The number of nitrogens with one attached hydrogen (secondary N) is 1. The lowest BCUT2D eigenvalue weighted by Gasteiger charge is -1.92. The molecule has 3 N–H and O–H groups in total. The fourth-order valence-electron chi connectivity index (χ4n) is 1.14. The average molecular weight is 194 g/mol. The van der Waals surface area contributed by atoms with Gasteiger partial charge in [0, 0.05) is 10.9 Å². The molecule has 2 heterocycles. The summed E-state index contributed by atoms with van der Waals surface area (Å²) >= 11 is 1.62. The molecule has 0 amide bonds. The number of nitrogens with zero attached hydrogens (tertiary/aromatic N) is 2. The molecule has 0 bridgehead atoms. The lowest BCUT2D eigenvalue weighted by molar-refractivity contribution is 1.09. The summed E-state index contributed by atoms with van der Waals surface area (Å²) in [4.78, 5) is 4.35. The molecule has 0 saturated heterocycles. The van der Waals surface area contributed by atoms with Crippen LogP contribution in [-0.2, 0) is 0 Å². The minimum absolute atomic E-state index is 0.542. The van der Waals surface area contributed by atoms with E-state index in [1.807, 2.05) is 19.2 Å². The Labute approximate surface area is 79.8 Å². The van der Waals surface area contributed by atoms with E-state index < -0.39 is 0 Å². The van der Waals surface area contributed by atoms with Crippen LogP contribution in [0.25, 0.3) is 11.4 Å². The van der Waals surface area contributed by atoms with E-state index in [4.69, 9.17) is 5.73 Å². The van der Waals surface area contributed by atoms with Gasteiger partial charge in [0.15, 0.2) is 0 Å². The second-order valence-electron chi connectivity index (χ2n) is 2.86. The summed E-state index contributed by atoms with van der Waals surface area (Å²) in [5.41, 5.74) is 8.42. The molecule has 2 rings (SSSR count). The number of aromatic amines is 1. The summed E-state index contributed by atoms with van der Waals surface area (Å²) < 4.78 is 0. The van der Waals surface area contributed by atoms with Crippen LogP contribution in [0.5, 0.6) is 0 Å². The van der Waals surface area contributed by atoms with Crippen LogP contribution >= 0.6 is 11.3 Å². The van der Waals surface area contributed by atoms with Crippen molar-refractivity contribution in [1.82, 2.24) is 15.2 Å². The minimum atomic E-state index is 0.542. The van der Waals surface area contributed by atoms with Crippen LogP contribution in [-0.4, -0.2) is 15.2 Å². The summed E-state index contributed by atoms with van der Waals surface area (Å²) in [6.07, 6.45) is 0. The van der Waals surface area contributed by atoms with Crippen LogP contribution in [0.4, 0.5) is 5.82 Å². The number of H-pyrrole nitrogens is 1. The second-order valence-corrected chi connectivity index (χ2v) is 3.92. The number of thiazole rings is 1. The molecular formula is C8H10N4S. The Morgan fingerprint density at radius 2 is 2.23 bits per heavy atom. The number of hydrogen-bond acceptors (Lipinski definition) is 4. The highest BCUT2D eigenvalue weighted by atomic mass is 32.1. The predicted molar refractivity (Wildman–Crippen MR) is 53.6 cm³/mol. The normalized spacial score (nSPS) is 10.6. The van der Waals surface area contributed by atoms with E-state index in [1.54, 1.807) is 11.3 Å². The Morgan fingerprint density at radius 3 is 2.69 bits per heavy atom. The molecule has 0 radical (unpaired) electrons. The van der Waals surface area contributed by atoms with Crippen LogP contribution in [0, 0.1) is 13.8 Å². The van der Waals surface area contributed by atoms with E-state index in [9.17, 15) is 0 Å². The third-order valence-corrected chi connectivity index (χ3v) is 2.70. The molecule has 5 heteroatoms. The predicted octanol–water partition coefficient (Wildman–Crippen LogP) is 1.73. The van der Waals surface area contributed by atoms with Gasteiger partial charge in [0.1, 0.15) is 5.82 Å². The summed E-state index contributed by atoms with van der Waals surface area (Å²) in [6.45, 7) is 3.91. The van der Waals surface area contributed by atoms with Gasteiger partial charge in [-0.1, -0.05) is 0 Å². The highest BCUT2D eigenvalue weighted by Crippen LogP contribution is 2.24.